The molecule has 0 bridgehead atoms. The molecule has 1 aromatic rings. The second kappa shape index (κ2) is 5.47. The van der Waals surface area contributed by atoms with Gasteiger partial charge in [-0.05, 0) is 25.0 Å². The van der Waals surface area contributed by atoms with Crippen LogP contribution in [0.25, 0.3) is 0 Å². The number of carbonyl (C=O) groups excluding carboxylic acids is 1. The highest BCUT2D eigenvalue weighted by Gasteiger charge is 2.34. The molecule has 0 spiro atoms. The number of rotatable bonds is 2. The minimum Gasteiger partial charge on any atom is -0.383 e. The summed E-state index contributed by atoms with van der Waals surface area (Å²) in [6.07, 6.45) is 4.51. The lowest BCUT2D eigenvalue weighted by atomic mass is 9.85. The Hall–Kier alpha value is -1.50. The van der Waals surface area contributed by atoms with Crippen LogP contribution in [-0.2, 0) is 4.79 Å². The average molecular weight is 293 g/mol. The summed E-state index contributed by atoms with van der Waals surface area (Å²) in [6.45, 7) is 1.82. The van der Waals surface area contributed by atoms with Gasteiger partial charge in [0.05, 0.1) is 0 Å². The van der Waals surface area contributed by atoms with Crippen molar-refractivity contribution in [2.45, 2.75) is 30.5 Å². The van der Waals surface area contributed by atoms with Crippen molar-refractivity contribution in [1.82, 2.24) is 15.3 Å². The van der Waals surface area contributed by atoms with Gasteiger partial charge >= 0.3 is 0 Å². The molecule has 2 aliphatic heterocycles. The average Bonchev–Trinajstić information content (AvgIpc) is 2.46. The Labute approximate surface area is 122 Å². The minimum absolute atomic E-state index is 0.190. The first-order valence-corrected chi connectivity index (χ1v) is 8.11. The molecule has 0 radical (unpaired) electrons. The van der Waals surface area contributed by atoms with Gasteiger partial charge in [-0.1, -0.05) is 11.8 Å². The van der Waals surface area contributed by atoms with E-state index in [0.717, 1.165) is 31.7 Å². The van der Waals surface area contributed by atoms with Crippen molar-refractivity contribution in [3.63, 3.8) is 0 Å². The number of carbonyl (C=O) groups is 1. The number of hydrogen-bond donors (Lipinski definition) is 2. The number of nitrogens with zero attached hydrogens (tertiary/aromatic N) is 3. The maximum atomic E-state index is 11.4. The summed E-state index contributed by atoms with van der Waals surface area (Å²) in [5, 5.41) is 3.80. The minimum atomic E-state index is 0.190. The third-order valence-corrected chi connectivity index (χ3v) is 4.59. The summed E-state index contributed by atoms with van der Waals surface area (Å²) in [4.78, 5) is 22.4. The molecule has 7 heteroatoms. The lowest BCUT2D eigenvalue weighted by Gasteiger charge is -2.41. The smallest absolute Gasteiger partial charge is 0.220 e. The van der Waals surface area contributed by atoms with E-state index >= 15 is 0 Å². The van der Waals surface area contributed by atoms with Crippen molar-refractivity contribution in [1.29, 1.82) is 0 Å². The van der Waals surface area contributed by atoms with Gasteiger partial charge in [0, 0.05) is 31.6 Å². The fourth-order valence-electron chi connectivity index (χ4n) is 3.00. The first-order chi connectivity index (χ1) is 9.65. The van der Waals surface area contributed by atoms with E-state index in [1.807, 2.05) is 12.3 Å². The fraction of sp³-hybridized carbons (Fsp3) is 0.615. The van der Waals surface area contributed by atoms with E-state index in [1.165, 1.54) is 11.8 Å². The molecular formula is C13H19N5OS. The Kier molecular flexibility index (Phi) is 3.69. The molecule has 2 aliphatic rings. The molecule has 0 saturated carbocycles. The van der Waals surface area contributed by atoms with E-state index in [1.54, 1.807) is 0 Å². The van der Waals surface area contributed by atoms with Crippen LogP contribution in [0.2, 0.25) is 0 Å². The topological polar surface area (TPSA) is 84.1 Å². The highest BCUT2D eigenvalue weighted by atomic mass is 32.2. The number of nitrogens with two attached hydrogens (primary N) is 1. The van der Waals surface area contributed by atoms with Crippen molar-refractivity contribution in [2.75, 3.05) is 30.0 Å². The van der Waals surface area contributed by atoms with Crippen LogP contribution in [0, 0.1) is 5.92 Å². The zero-order valence-corrected chi connectivity index (χ0v) is 12.3. The summed E-state index contributed by atoms with van der Waals surface area (Å²) in [6, 6.07) is 2.16. The van der Waals surface area contributed by atoms with Gasteiger partial charge in [-0.15, -0.1) is 0 Å². The van der Waals surface area contributed by atoms with Crippen molar-refractivity contribution in [2.24, 2.45) is 5.92 Å². The lowest BCUT2D eigenvalue weighted by molar-refractivity contribution is -0.124. The SMILES string of the molecule is CSc1nc(N)cc(N2CCC3NC(=O)CCC3C2)n1. The predicted octanol–water partition coefficient (Wildman–Crippen LogP) is 0.886. The summed E-state index contributed by atoms with van der Waals surface area (Å²) < 4.78 is 0. The van der Waals surface area contributed by atoms with Crippen molar-refractivity contribution >= 4 is 29.3 Å². The fourth-order valence-corrected chi connectivity index (χ4v) is 3.38. The van der Waals surface area contributed by atoms with Gasteiger partial charge in [-0.2, -0.15) is 0 Å². The largest absolute Gasteiger partial charge is 0.383 e. The Morgan fingerprint density at radius 1 is 1.45 bits per heavy atom. The summed E-state index contributed by atoms with van der Waals surface area (Å²) in [7, 11) is 0. The number of fused-ring (bicyclic) bond motifs is 1. The summed E-state index contributed by atoms with van der Waals surface area (Å²) >= 11 is 1.50. The zero-order valence-electron chi connectivity index (χ0n) is 11.5. The van der Waals surface area contributed by atoms with Gasteiger partial charge < -0.3 is 16.0 Å². The van der Waals surface area contributed by atoms with Crippen LogP contribution in [0.15, 0.2) is 11.2 Å². The maximum absolute atomic E-state index is 11.4. The molecule has 3 heterocycles. The molecule has 20 heavy (non-hydrogen) atoms. The second-order valence-corrected chi connectivity index (χ2v) is 6.12. The van der Waals surface area contributed by atoms with Gasteiger partial charge in [-0.3, -0.25) is 4.79 Å². The van der Waals surface area contributed by atoms with Gasteiger partial charge in [0.25, 0.3) is 0 Å². The van der Waals surface area contributed by atoms with Crippen LogP contribution in [-0.4, -0.2) is 41.3 Å². The highest BCUT2D eigenvalue weighted by molar-refractivity contribution is 7.98. The van der Waals surface area contributed by atoms with Crippen LogP contribution in [0.1, 0.15) is 19.3 Å². The first kappa shape index (κ1) is 13.5. The lowest BCUT2D eigenvalue weighted by Crippen LogP contribution is -2.54. The molecule has 0 aliphatic carbocycles. The second-order valence-electron chi connectivity index (χ2n) is 5.35. The van der Waals surface area contributed by atoms with E-state index in [0.29, 0.717) is 29.4 Å². The Morgan fingerprint density at radius 3 is 3.10 bits per heavy atom. The molecule has 2 fully saturated rings. The molecule has 3 rings (SSSR count). The third kappa shape index (κ3) is 2.67. The molecule has 2 unspecified atom stereocenters. The van der Waals surface area contributed by atoms with Crippen molar-refractivity contribution < 1.29 is 4.79 Å². The van der Waals surface area contributed by atoms with Gasteiger partial charge in [0.2, 0.25) is 5.91 Å². The molecule has 1 aromatic heterocycles. The molecular weight excluding hydrogens is 274 g/mol. The highest BCUT2D eigenvalue weighted by Crippen LogP contribution is 2.29. The molecule has 2 saturated heterocycles. The standard InChI is InChI=1S/C13H19N5OS/c1-20-13-16-10(14)6-11(17-13)18-5-4-9-8(7-18)2-3-12(19)15-9/h6,8-9H,2-5,7H2,1H3,(H,15,19)(H2,14,16,17). The summed E-state index contributed by atoms with van der Waals surface area (Å²) in [5.41, 5.74) is 5.84. The van der Waals surface area contributed by atoms with Crippen molar-refractivity contribution in [3.8, 4) is 0 Å². The Bertz CT molecular complexity index is 523. The maximum Gasteiger partial charge on any atom is 0.220 e. The van der Waals surface area contributed by atoms with E-state index in [2.05, 4.69) is 20.2 Å². The quantitative estimate of drug-likeness (QED) is 0.622. The number of anilines is 2. The Morgan fingerprint density at radius 2 is 2.30 bits per heavy atom. The van der Waals surface area contributed by atoms with Crippen molar-refractivity contribution in [3.05, 3.63) is 6.07 Å². The third-order valence-electron chi connectivity index (χ3n) is 4.04. The van der Waals surface area contributed by atoms with Gasteiger partial charge in [0.1, 0.15) is 11.6 Å². The number of amides is 1. The zero-order chi connectivity index (χ0) is 14.1. The van der Waals surface area contributed by atoms with E-state index < -0.39 is 0 Å². The number of nitrogens with one attached hydrogen (secondary N) is 1. The molecule has 0 aromatic carbocycles. The monoisotopic (exact) mass is 293 g/mol. The first-order valence-electron chi connectivity index (χ1n) is 6.88. The van der Waals surface area contributed by atoms with Crippen LogP contribution >= 0.6 is 11.8 Å². The van der Waals surface area contributed by atoms with E-state index in [-0.39, 0.29) is 5.91 Å². The number of piperidine rings is 2. The molecule has 6 nitrogen and oxygen atoms in total. The van der Waals surface area contributed by atoms with Gasteiger partial charge in [0.15, 0.2) is 5.16 Å². The van der Waals surface area contributed by atoms with Crippen LogP contribution in [0.5, 0.6) is 0 Å². The number of hydrogen-bond acceptors (Lipinski definition) is 6. The van der Waals surface area contributed by atoms with E-state index in [9.17, 15) is 4.79 Å². The predicted molar refractivity (Wildman–Crippen MR) is 79.7 cm³/mol. The normalized spacial score (nSPS) is 26.1. The Balaban J connectivity index is 1.76. The number of aromatic nitrogens is 2. The summed E-state index contributed by atoms with van der Waals surface area (Å²) in [5.74, 6) is 2.11. The molecule has 3 N–H and O–H groups in total. The van der Waals surface area contributed by atoms with Crippen LogP contribution in [0.3, 0.4) is 0 Å². The molecule has 1 amide bonds. The number of nitrogen functional groups attached to an aromatic ring is 1. The number of thioether (sulfide) groups is 1. The van der Waals surface area contributed by atoms with Crippen LogP contribution < -0.4 is 16.0 Å². The van der Waals surface area contributed by atoms with Gasteiger partial charge in [-0.25, -0.2) is 9.97 Å². The molecule has 108 valence electrons. The van der Waals surface area contributed by atoms with E-state index in [4.69, 9.17) is 5.73 Å². The molecule has 2 atom stereocenters. The van der Waals surface area contributed by atoms with Crippen LogP contribution in [0.4, 0.5) is 11.6 Å².